The molecule has 4 atom stereocenters. The van der Waals surface area contributed by atoms with Crippen LogP contribution in [0.2, 0.25) is 0 Å². The first-order valence-electron chi connectivity index (χ1n) is 16.7. The Kier molecular flexibility index (Phi) is 24.4. The summed E-state index contributed by atoms with van der Waals surface area (Å²) in [6.45, 7) is -5.22. The summed E-state index contributed by atoms with van der Waals surface area (Å²) in [7, 11) is 0. The van der Waals surface area contributed by atoms with Crippen LogP contribution in [0, 0.1) is 21.4 Å². The van der Waals surface area contributed by atoms with E-state index >= 15 is 0 Å². The van der Waals surface area contributed by atoms with E-state index in [0.29, 0.717) is 7.14 Å². The number of benzene rings is 2. The predicted molar refractivity (Wildman–Crippen MR) is 259 cm³/mol. The lowest BCUT2D eigenvalue weighted by Gasteiger charge is -2.27. The zero-order valence-electron chi connectivity index (χ0n) is 29.9. The quantitative estimate of drug-likeness (QED) is 0.0591. The van der Waals surface area contributed by atoms with Crippen LogP contribution in [-0.2, 0) is 4.79 Å². The first kappa shape index (κ1) is 53.7. The summed E-state index contributed by atoms with van der Waals surface area (Å²) in [5.74, 6) is -3.78. The second-order valence-electron chi connectivity index (χ2n) is 12.0. The van der Waals surface area contributed by atoms with E-state index in [4.69, 9.17) is 0 Å². The number of carbonyl (C=O) groups excluding carboxylic acids is 5. The molecule has 4 unspecified atom stereocenters. The van der Waals surface area contributed by atoms with Crippen LogP contribution in [0.25, 0.3) is 0 Å². The van der Waals surface area contributed by atoms with E-state index in [-0.39, 0.29) is 87.2 Å². The zero-order chi connectivity index (χ0) is 44.0. The molecule has 0 aliphatic heterocycles. The molecular formula is C32H40I6N6O14. The van der Waals surface area contributed by atoms with Crippen LogP contribution in [0.1, 0.15) is 41.4 Å². The lowest BCUT2D eigenvalue weighted by atomic mass is 10.1. The number of anilines is 2. The van der Waals surface area contributed by atoms with Crippen molar-refractivity contribution in [1.29, 1.82) is 0 Å². The Morgan fingerprint density at radius 3 is 1.33 bits per heavy atom. The number of halogens is 6. The molecule has 0 fully saturated rings. The third kappa shape index (κ3) is 14.6. The van der Waals surface area contributed by atoms with Crippen molar-refractivity contribution in [1.82, 2.24) is 20.9 Å². The number of carbonyl (C=O) groups is 5. The number of hydrogen-bond donors (Lipinski definition) is 14. The van der Waals surface area contributed by atoms with Gasteiger partial charge in [-0.2, -0.15) is 0 Å². The summed E-state index contributed by atoms with van der Waals surface area (Å²) in [6.07, 6.45) is -5.19. The highest BCUT2D eigenvalue weighted by atomic mass is 127. The molecule has 0 aliphatic carbocycles. The van der Waals surface area contributed by atoms with Gasteiger partial charge in [-0.3, -0.25) is 24.0 Å². The molecule has 5 amide bonds. The van der Waals surface area contributed by atoms with E-state index in [0.717, 1.165) is 4.90 Å². The molecule has 0 radical (unpaired) electrons. The van der Waals surface area contributed by atoms with E-state index in [1.807, 2.05) is 45.2 Å². The van der Waals surface area contributed by atoms with Crippen molar-refractivity contribution in [2.75, 3.05) is 82.9 Å². The SMILES string of the molecule is O=C(CO)Nc1c(I)c(C(=O)NCC(O)CNc2c(I)c(C(=O)NCC(O)CO)c(I)c(C(=O)NCC(O)CO)c2I)c(I)c(C(=O)N(CCO)CC(O)CO)c1I. The summed E-state index contributed by atoms with van der Waals surface area (Å²) < 4.78 is 1.29. The molecular weight excluding hydrogens is 1450 g/mol. The molecule has 0 heterocycles. The van der Waals surface area contributed by atoms with Crippen LogP contribution in [-0.4, -0.2) is 177 Å². The number of aliphatic hydroxyl groups excluding tert-OH is 9. The van der Waals surface area contributed by atoms with Gasteiger partial charge in [0.2, 0.25) is 5.91 Å². The lowest BCUT2D eigenvalue weighted by Crippen LogP contribution is -2.42. The average molecular weight is 1490 g/mol. The minimum absolute atomic E-state index is 0.0160. The van der Waals surface area contributed by atoms with Crippen LogP contribution < -0.4 is 26.6 Å². The van der Waals surface area contributed by atoms with Gasteiger partial charge in [-0.25, -0.2) is 0 Å². The second kappa shape index (κ2) is 26.3. The van der Waals surface area contributed by atoms with E-state index in [1.165, 1.54) is 0 Å². The Labute approximate surface area is 413 Å². The van der Waals surface area contributed by atoms with Gasteiger partial charge in [-0.15, -0.1) is 0 Å². The number of nitrogens with zero attached hydrogens (tertiary/aromatic N) is 1. The van der Waals surface area contributed by atoms with Crippen molar-refractivity contribution < 1.29 is 69.9 Å². The highest BCUT2D eigenvalue weighted by Crippen LogP contribution is 2.37. The van der Waals surface area contributed by atoms with Gasteiger partial charge in [-0.1, -0.05) is 0 Å². The predicted octanol–water partition coefficient (Wildman–Crippen LogP) is -1.60. The maximum atomic E-state index is 13.8. The second-order valence-corrected chi connectivity index (χ2v) is 18.5. The van der Waals surface area contributed by atoms with Gasteiger partial charge in [0, 0.05) is 46.4 Å². The van der Waals surface area contributed by atoms with Crippen molar-refractivity contribution in [2.45, 2.75) is 24.4 Å². The lowest BCUT2D eigenvalue weighted by molar-refractivity contribution is -0.118. The fraction of sp³-hybridized carbons (Fsp3) is 0.469. The van der Waals surface area contributed by atoms with E-state index in [9.17, 15) is 69.9 Å². The average Bonchev–Trinajstić information content (AvgIpc) is 3.18. The molecule has 2 aromatic rings. The Balaban J connectivity index is 2.51. The summed E-state index contributed by atoms with van der Waals surface area (Å²) in [6, 6.07) is 0. The van der Waals surface area contributed by atoms with Gasteiger partial charge in [-0.05, 0) is 136 Å². The van der Waals surface area contributed by atoms with Gasteiger partial charge >= 0.3 is 0 Å². The number of hydrogen-bond acceptors (Lipinski definition) is 15. The van der Waals surface area contributed by atoms with Gasteiger partial charge in [0.25, 0.3) is 23.6 Å². The van der Waals surface area contributed by atoms with E-state index in [2.05, 4.69) is 26.6 Å². The first-order chi connectivity index (χ1) is 27.3. The van der Waals surface area contributed by atoms with Crippen LogP contribution in [0.5, 0.6) is 0 Å². The molecule has 0 saturated carbocycles. The number of amides is 5. The van der Waals surface area contributed by atoms with Gasteiger partial charge in [0.1, 0.15) is 6.61 Å². The summed E-state index contributed by atoms with van der Waals surface area (Å²) in [5.41, 5.74) is 0.120. The molecule has 324 valence electrons. The highest BCUT2D eigenvalue weighted by Gasteiger charge is 2.32. The van der Waals surface area contributed by atoms with Crippen LogP contribution in [0.3, 0.4) is 0 Å². The fourth-order valence-electron chi connectivity index (χ4n) is 4.74. The summed E-state index contributed by atoms with van der Waals surface area (Å²) >= 11 is 10.9. The normalized spacial score (nSPS) is 13.2. The van der Waals surface area contributed by atoms with Crippen molar-refractivity contribution in [3.05, 3.63) is 43.7 Å². The summed E-state index contributed by atoms with van der Waals surface area (Å²) in [4.78, 5) is 67.7. The Morgan fingerprint density at radius 2 is 0.914 bits per heavy atom. The van der Waals surface area contributed by atoms with Crippen molar-refractivity contribution in [3.8, 4) is 0 Å². The number of aliphatic hydroxyl groups is 9. The molecule has 58 heavy (non-hydrogen) atoms. The Morgan fingerprint density at radius 1 is 0.517 bits per heavy atom. The highest BCUT2D eigenvalue weighted by molar-refractivity contribution is 14.1. The van der Waals surface area contributed by atoms with E-state index < -0.39 is 87.0 Å². The maximum absolute atomic E-state index is 13.8. The zero-order valence-corrected chi connectivity index (χ0v) is 42.8. The minimum Gasteiger partial charge on any atom is -0.395 e. The van der Waals surface area contributed by atoms with Crippen LogP contribution >= 0.6 is 136 Å². The smallest absolute Gasteiger partial charge is 0.256 e. The van der Waals surface area contributed by atoms with Crippen molar-refractivity contribution in [2.24, 2.45) is 0 Å². The van der Waals surface area contributed by atoms with Gasteiger partial charge < -0.3 is 77.4 Å². The van der Waals surface area contributed by atoms with Crippen molar-refractivity contribution >= 4 is 176 Å². The van der Waals surface area contributed by atoms with Crippen LogP contribution in [0.4, 0.5) is 11.4 Å². The van der Waals surface area contributed by atoms with E-state index in [1.54, 1.807) is 90.4 Å². The third-order valence-corrected chi connectivity index (χ3v) is 14.1. The summed E-state index contributed by atoms with van der Waals surface area (Å²) in [5, 5.41) is 101. The number of nitrogens with one attached hydrogen (secondary N) is 5. The minimum atomic E-state index is -1.35. The fourth-order valence-corrected chi connectivity index (χ4v) is 13.7. The molecule has 20 nitrogen and oxygen atoms in total. The molecule has 0 aromatic heterocycles. The Bertz CT molecular complexity index is 1780. The molecule has 14 N–H and O–H groups in total. The van der Waals surface area contributed by atoms with Crippen LogP contribution in [0.15, 0.2) is 0 Å². The van der Waals surface area contributed by atoms with Gasteiger partial charge in [0.05, 0.1) is 98.8 Å². The molecule has 0 saturated heterocycles. The Hall–Kier alpha value is -0.390. The standard InChI is InChI=1S/C32H40I6N6O14/c33-21-17(29(55)41-5-13(51)8-46)23(35)27(24(36)18(21)30(56)42-6-14(52)9-47)39-3-12(50)4-40-31(57)19-22(34)20(26(38)28(25(19)37)43-16(54)11-49)32(58)44(1-2-45)7-15(53)10-48/h12-15,39,45-53H,1-11H2,(H,40,57)(H,41,55)(H,42,56)(H,43,54). The molecule has 2 aromatic carbocycles. The van der Waals surface area contributed by atoms with Gasteiger partial charge in [0.15, 0.2) is 0 Å². The number of rotatable bonds is 22. The monoisotopic (exact) mass is 1490 g/mol. The molecule has 0 aliphatic rings. The molecule has 2 rings (SSSR count). The third-order valence-electron chi connectivity index (χ3n) is 7.67. The molecule has 0 bridgehead atoms. The van der Waals surface area contributed by atoms with Crippen molar-refractivity contribution in [3.63, 3.8) is 0 Å². The molecule has 0 spiro atoms. The maximum Gasteiger partial charge on any atom is 0.256 e. The molecule has 26 heteroatoms. The topological polar surface area (TPSA) is 331 Å². The first-order valence-corrected chi connectivity index (χ1v) is 23.1. The largest absolute Gasteiger partial charge is 0.395 e.